The second-order valence-electron chi connectivity index (χ2n) is 5.54. The molecule has 0 saturated heterocycles. The van der Waals surface area contributed by atoms with Crippen LogP contribution in [-0.4, -0.2) is 0 Å². The van der Waals surface area contributed by atoms with Gasteiger partial charge in [0, 0.05) is 29.0 Å². The molecule has 0 nitrogen and oxygen atoms in total. The predicted molar refractivity (Wildman–Crippen MR) is 119 cm³/mol. The van der Waals surface area contributed by atoms with E-state index in [-0.39, 0.29) is 0 Å². The van der Waals surface area contributed by atoms with Crippen LogP contribution in [0.25, 0.3) is 21.5 Å². The molecule has 0 radical (unpaired) electrons. The standard InChI is InChI=1S/C22H12I2/c23-19-11-3-9-15-5-1-7-17(21(15)19)13-14-18-8-2-6-16-10-4-12-20(24)22(16)18/h1-12H. The fourth-order valence-corrected chi connectivity index (χ4v) is 4.55. The van der Waals surface area contributed by atoms with Crippen LogP contribution >= 0.6 is 45.2 Å². The van der Waals surface area contributed by atoms with Crippen molar-refractivity contribution in [2.75, 3.05) is 0 Å². The molecular weight excluding hydrogens is 518 g/mol. The van der Waals surface area contributed by atoms with Crippen molar-refractivity contribution in [2.45, 2.75) is 0 Å². The van der Waals surface area contributed by atoms with Crippen molar-refractivity contribution in [1.29, 1.82) is 0 Å². The van der Waals surface area contributed by atoms with Gasteiger partial charge in [-0.15, -0.1) is 0 Å². The molecule has 0 spiro atoms. The van der Waals surface area contributed by atoms with E-state index < -0.39 is 0 Å². The van der Waals surface area contributed by atoms with Crippen molar-refractivity contribution in [3.05, 3.63) is 91.1 Å². The van der Waals surface area contributed by atoms with Gasteiger partial charge in [-0.25, -0.2) is 0 Å². The second kappa shape index (κ2) is 6.73. The molecule has 114 valence electrons. The Hall–Kier alpha value is -1.58. The van der Waals surface area contributed by atoms with Gasteiger partial charge in [0.15, 0.2) is 0 Å². The number of rotatable bonds is 0. The molecular formula is C22H12I2. The van der Waals surface area contributed by atoms with Crippen molar-refractivity contribution in [2.24, 2.45) is 0 Å². The molecule has 0 bridgehead atoms. The highest BCUT2D eigenvalue weighted by Crippen LogP contribution is 2.26. The van der Waals surface area contributed by atoms with E-state index >= 15 is 0 Å². The van der Waals surface area contributed by atoms with Crippen LogP contribution in [0.4, 0.5) is 0 Å². The van der Waals surface area contributed by atoms with E-state index in [1.54, 1.807) is 0 Å². The summed E-state index contributed by atoms with van der Waals surface area (Å²) in [6, 6.07) is 25.4. The van der Waals surface area contributed by atoms with Gasteiger partial charge in [-0.3, -0.25) is 0 Å². The monoisotopic (exact) mass is 530 g/mol. The second-order valence-corrected chi connectivity index (χ2v) is 7.86. The van der Waals surface area contributed by atoms with Crippen molar-refractivity contribution >= 4 is 66.7 Å². The van der Waals surface area contributed by atoms with Gasteiger partial charge >= 0.3 is 0 Å². The number of hydrogen-bond acceptors (Lipinski definition) is 0. The molecule has 0 unspecified atom stereocenters. The average molecular weight is 530 g/mol. The van der Waals surface area contributed by atoms with Crippen molar-refractivity contribution in [3.63, 3.8) is 0 Å². The highest BCUT2D eigenvalue weighted by Gasteiger charge is 2.04. The minimum absolute atomic E-state index is 1.08. The van der Waals surface area contributed by atoms with E-state index in [0.717, 1.165) is 11.1 Å². The summed E-state index contributed by atoms with van der Waals surface area (Å²) in [5.74, 6) is 6.81. The Bertz CT molecular complexity index is 1030. The van der Waals surface area contributed by atoms with Gasteiger partial charge in [-0.05, 0) is 80.2 Å². The van der Waals surface area contributed by atoms with Crippen molar-refractivity contribution in [3.8, 4) is 11.8 Å². The van der Waals surface area contributed by atoms with Gasteiger partial charge in [0.05, 0.1) is 0 Å². The first kappa shape index (κ1) is 15.9. The highest BCUT2D eigenvalue weighted by molar-refractivity contribution is 14.1. The summed E-state index contributed by atoms with van der Waals surface area (Å²) in [5, 5.41) is 4.95. The SMILES string of the molecule is Ic1cccc2cccc(C#Cc3cccc4cccc(I)c34)c12. The van der Waals surface area contributed by atoms with Crippen molar-refractivity contribution < 1.29 is 0 Å². The van der Waals surface area contributed by atoms with Crippen LogP contribution in [0.5, 0.6) is 0 Å². The molecule has 4 aromatic carbocycles. The quantitative estimate of drug-likeness (QED) is 0.178. The van der Waals surface area contributed by atoms with Gasteiger partial charge in [0.25, 0.3) is 0 Å². The minimum atomic E-state index is 1.08. The first-order valence-corrected chi connectivity index (χ1v) is 9.76. The topological polar surface area (TPSA) is 0 Å². The van der Waals surface area contributed by atoms with Crippen LogP contribution < -0.4 is 0 Å². The lowest BCUT2D eigenvalue weighted by Gasteiger charge is -2.04. The summed E-state index contributed by atoms with van der Waals surface area (Å²) in [5.41, 5.74) is 2.17. The zero-order valence-corrected chi connectivity index (χ0v) is 17.0. The van der Waals surface area contributed by atoms with Crippen molar-refractivity contribution in [1.82, 2.24) is 0 Å². The van der Waals surface area contributed by atoms with Gasteiger partial charge in [0.1, 0.15) is 0 Å². The highest BCUT2D eigenvalue weighted by atomic mass is 127. The van der Waals surface area contributed by atoms with Crippen LogP contribution in [-0.2, 0) is 0 Å². The molecule has 24 heavy (non-hydrogen) atoms. The Kier molecular flexibility index (Phi) is 4.47. The summed E-state index contributed by atoms with van der Waals surface area (Å²) in [6.45, 7) is 0. The van der Waals surface area contributed by atoms with E-state index in [9.17, 15) is 0 Å². The van der Waals surface area contributed by atoms with Gasteiger partial charge < -0.3 is 0 Å². The Morgan fingerprint density at radius 2 is 0.875 bits per heavy atom. The third kappa shape index (κ3) is 2.91. The Labute approximate surface area is 168 Å². The lowest BCUT2D eigenvalue weighted by molar-refractivity contribution is 1.65. The van der Waals surface area contributed by atoms with Crippen LogP contribution in [0.2, 0.25) is 0 Å². The number of fused-ring (bicyclic) bond motifs is 2. The molecule has 0 aliphatic rings. The maximum absolute atomic E-state index is 3.41. The van der Waals surface area contributed by atoms with Gasteiger partial charge in [-0.1, -0.05) is 60.4 Å². The maximum atomic E-state index is 3.41. The Morgan fingerprint density at radius 3 is 1.29 bits per heavy atom. The van der Waals surface area contributed by atoms with E-state index in [2.05, 4.69) is 130 Å². The Morgan fingerprint density at radius 1 is 0.500 bits per heavy atom. The molecule has 0 aromatic heterocycles. The largest absolute Gasteiger partial charge is 0.0609 e. The molecule has 0 atom stereocenters. The van der Waals surface area contributed by atoms with Gasteiger partial charge in [-0.2, -0.15) is 0 Å². The summed E-state index contributed by atoms with van der Waals surface area (Å²) >= 11 is 4.78. The number of halogens is 2. The first-order valence-electron chi connectivity index (χ1n) is 7.60. The molecule has 4 aromatic rings. The maximum Gasteiger partial charge on any atom is 0.0338 e. The molecule has 0 fully saturated rings. The molecule has 2 heteroatoms. The van der Waals surface area contributed by atoms with Crippen LogP contribution in [0.15, 0.2) is 72.8 Å². The zero-order chi connectivity index (χ0) is 16.5. The molecule has 0 saturated carbocycles. The lowest BCUT2D eigenvalue weighted by Crippen LogP contribution is -1.86. The average Bonchev–Trinajstić information content (AvgIpc) is 2.60. The molecule has 0 aliphatic carbocycles. The molecule has 4 rings (SSSR count). The molecule has 0 heterocycles. The van der Waals surface area contributed by atoms with E-state index in [1.807, 2.05) is 0 Å². The summed E-state index contributed by atoms with van der Waals surface area (Å²) in [6.07, 6.45) is 0. The number of benzene rings is 4. The molecule has 0 amide bonds. The van der Waals surface area contributed by atoms with E-state index in [4.69, 9.17) is 0 Å². The minimum Gasteiger partial charge on any atom is -0.0609 e. The Balaban J connectivity index is 1.93. The number of hydrogen-bond donors (Lipinski definition) is 0. The van der Waals surface area contributed by atoms with Gasteiger partial charge in [0.2, 0.25) is 0 Å². The van der Waals surface area contributed by atoms with E-state index in [1.165, 1.54) is 28.7 Å². The smallest absolute Gasteiger partial charge is 0.0338 e. The zero-order valence-electron chi connectivity index (χ0n) is 12.7. The third-order valence-electron chi connectivity index (χ3n) is 4.04. The third-order valence-corrected chi connectivity index (χ3v) is 5.84. The predicted octanol–water partition coefficient (Wildman–Crippen LogP) is 6.60. The summed E-state index contributed by atoms with van der Waals surface area (Å²) < 4.78 is 2.48. The fourth-order valence-electron chi connectivity index (χ4n) is 2.93. The van der Waals surface area contributed by atoms with E-state index in [0.29, 0.717) is 0 Å². The normalized spacial score (nSPS) is 10.6. The molecule has 0 N–H and O–H groups in total. The lowest BCUT2D eigenvalue weighted by atomic mass is 10.0. The summed E-state index contributed by atoms with van der Waals surface area (Å²) in [4.78, 5) is 0. The van der Waals surface area contributed by atoms with Crippen LogP contribution in [0.1, 0.15) is 11.1 Å². The van der Waals surface area contributed by atoms with Crippen LogP contribution in [0.3, 0.4) is 0 Å². The summed E-state index contributed by atoms with van der Waals surface area (Å²) in [7, 11) is 0. The molecule has 0 aliphatic heterocycles. The fraction of sp³-hybridized carbons (Fsp3) is 0. The van der Waals surface area contributed by atoms with Crippen LogP contribution in [0, 0.1) is 19.0 Å². The first-order chi connectivity index (χ1) is 11.7.